The standard InChI is InChI=1S/C22H14N2O6/c25-17-8-4-13(5-9-17)20-19(21(27)15-2-1-3-16(12-15)24(28)29)22(30-23-20)14-6-10-18(26)11-7-14/h1-12,25-26H. The van der Waals surface area contributed by atoms with Crippen LogP contribution in [0.4, 0.5) is 5.69 Å². The summed E-state index contributed by atoms with van der Waals surface area (Å²) in [5, 5.41) is 34.3. The minimum Gasteiger partial charge on any atom is -0.508 e. The number of non-ortho nitro benzene ring substituents is 1. The molecule has 0 atom stereocenters. The van der Waals surface area contributed by atoms with E-state index in [1.807, 2.05) is 0 Å². The number of nitro groups is 1. The number of carbonyl (C=O) groups excluding carboxylic acids is 1. The summed E-state index contributed by atoms with van der Waals surface area (Å²) < 4.78 is 5.48. The van der Waals surface area contributed by atoms with Crippen molar-refractivity contribution in [1.82, 2.24) is 5.16 Å². The van der Waals surface area contributed by atoms with Gasteiger partial charge in [-0.05, 0) is 48.5 Å². The topological polar surface area (TPSA) is 127 Å². The number of hydrogen-bond acceptors (Lipinski definition) is 7. The first kappa shape index (κ1) is 18.9. The van der Waals surface area contributed by atoms with E-state index in [2.05, 4.69) is 5.16 Å². The first-order valence-corrected chi connectivity index (χ1v) is 8.81. The monoisotopic (exact) mass is 402 g/mol. The highest BCUT2D eigenvalue weighted by atomic mass is 16.6. The summed E-state index contributed by atoms with van der Waals surface area (Å²) in [6, 6.07) is 17.5. The van der Waals surface area contributed by atoms with E-state index < -0.39 is 10.7 Å². The van der Waals surface area contributed by atoms with Crippen LogP contribution in [0.1, 0.15) is 15.9 Å². The first-order chi connectivity index (χ1) is 14.4. The molecule has 0 saturated heterocycles. The van der Waals surface area contributed by atoms with Gasteiger partial charge in [-0.2, -0.15) is 0 Å². The van der Waals surface area contributed by atoms with Crippen molar-refractivity contribution in [3.05, 3.63) is 94.0 Å². The third kappa shape index (κ3) is 3.49. The zero-order valence-corrected chi connectivity index (χ0v) is 15.4. The first-order valence-electron chi connectivity index (χ1n) is 8.81. The van der Waals surface area contributed by atoms with Crippen LogP contribution in [0.25, 0.3) is 22.6 Å². The number of aromatic nitrogens is 1. The zero-order valence-electron chi connectivity index (χ0n) is 15.4. The van der Waals surface area contributed by atoms with Gasteiger partial charge >= 0.3 is 0 Å². The molecule has 2 N–H and O–H groups in total. The summed E-state index contributed by atoms with van der Waals surface area (Å²) in [6.07, 6.45) is 0. The summed E-state index contributed by atoms with van der Waals surface area (Å²) in [5.74, 6) is -0.253. The molecule has 0 aliphatic heterocycles. The highest BCUT2D eigenvalue weighted by Gasteiger charge is 2.27. The summed E-state index contributed by atoms with van der Waals surface area (Å²) in [5.41, 5.74) is 1.26. The molecule has 0 radical (unpaired) electrons. The van der Waals surface area contributed by atoms with Crippen LogP contribution in [0, 0.1) is 10.1 Å². The molecule has 0 fully saturated rings. The number of hydrogen-bond donors (Lipinski definition) is 2. The van der Waals surface area contributed by atoms with Gasteiger partial charge in [0.1, 0.15) is 17.2 Å². The third-order valence-electron chi connectivity index (χ3n) is 4.51. The van der Waals surface area contributed by atoms with Crippen molar-refractivity contribution in [2.75, 3.05) is 0 Å². The molecule has 0 saturated carbocycles. The van der Waals surface area contributed by atoms with E-state index >= 15 is 0 Å². The second-order valence-corrected chi connectivity index (χ2v) is 6.47. The van der Waals surface area contributed by atoms with Crippen LogP contribution in [0.15, 0.2) is 77.3 Å². The molecule has 8 nitrogen and oxygen atoms in total. The molecule has 0 amide bonds. The van der Waals surface area contributed by atoms with Crippen LogP contribution >= 0.6 is 0 Å². The second kappa shape index (κ2) is 7.51. The minimum atomic E-state index is -0.577. The van der Waals surface area contributed by atoms with Gasteiger partial charge in [-0.3, -0.25) is 14.9 Å². The van der Waals surface area contributed by atoms with E-state index in [1.54, 1.807) is 24.3 Å². The zero-order chi connectivity index (χ0) is 21.3. The largest absolute Gasteiger partial charge is 0.508 e. The Labute approximate surface area is 169 Å². The highest BCUT2D eigenvalue weighted by Crippen LogP contribution is 2.35. The molecular weight excluding hydrogens is 388 g/mol. The molecule has 0 unspecified atom stereocenters. The molecule has 4 rings (SSSR count). The Bertz CT molecular complexity index is 1180. The van der Waals surface area contributed by atoms with Crippen LogP contribution in [0.3, 0.4) is 0 Å². The fourth-order valence-corrected chi connectivity index (χ4v) is 3.03. The summed E-state index contributed by atoms with van der Waals surface area (Å²) in [7, 11) is 0. The third-order valence-corrected chi connectivity index (χ3v) is 4.51. The van der Waals surface area contributed by atoms with Gasteiger partial charge in [0.25, 0.3) is 5.69 Å². The highest BCUT2D eigenvalue weighted by molar-refractivity contribution is 6.15. The summed E-state index contributed by atoms with van der Waals surface area (Å²) in [4.78, 5) is 23.9. The number of aromatic hydroxyl groups is 2. The Morgan fingerprint density at radius 3 is 2.10 bits per heavy atom. The van der Waals surface area contributed by atoms with Gasteiger partial charge in [0, 0.05) is 28.8 Å². The van der Waals surface area contributed by atoms with Crippen molar-refractivity contribution < 1.29 is 24.5 Å². The molecule has 4 aromatic rings. The van der Waals surface area contributed by atoms with Crippen LogP contribution in [-0.4, -0.2) is 26.1 Å². The number of phenols is 2. The predicted octanol–water partition coefficient (Wildman–Crippen LogP) is 4.56. The predicted molar refractivity (Wildman–Crippen MR) is 107 cm³/mol. The molecule has 0 aliphatic rings. The average Bonchev–Trinajstić information content (AvgIpc) is 3.19. The van der Waals surface area contributed by atoms with Gasteiger partial charge in [-0.15, -0.1) is 0 Å². The molecule has 148 valence electrons. The number of nitro benzene ring substituents is 1. The van der Waals surface area contributed by atoms with Crippen molar-refractivity contribution in [3.8, 4) is 34.1 Å². The molecule has 30 heavy (non-hydrogen) atoms. The SMILES string of the molecule is O=C(c1cccc([N+](=O)[O-])c1)c1c(-c2ccc(O)cc2)noc1-c1ccc(O)cc1. The molecule has 1 heterocycles. The van der Waals surface area contributed by atoms with Crippen molar-refractivity contribution in [1.29, 1.82) is 0 Å². The second-order valence-electron chi connectivity index (χ2n) is 6.47. The van der Waals surface area contributed by atoms with E-state index in [-0.39, 0.29) is 39.8 Å². The van der Waals surface area contributed by atoms with Crippen LogP contribution < -0.4 is 0 Å². The van der Waals surface area contributed by atoms with E-state index in [1.165, 1.54) is 48.5 Å². The van der Waals surface area contributed by atoms with Crippen molar-refractivity contribution >= 4 is 11.5 Å². The molecule has 8 heteroatoms. The lowest BCUT2D eigenvalue weighted by Crippen LogP contribution is -2.04. The van der Waals surface area contributed by atoms with E-state index in [9.17, 15) is 25.1 Å². The fourth-order valence-electron chi connectivity index (χ4n) is 3.03. The van der Waals surface area contributed by atoms with Crippen molar-refractivity contribution in [3.63, 3.8) is 0 Å². The summed E-state index contributed by atoms with van der Waals surface area (Å²) in [6.45, 7) is 0. The number of phenolic OH excluding ortho intramolecular Hbond substituents is 2. The quantitative estimate of drug-likeness (QED) is 0.285. The Morgan fingerprint density at radius 2 is 1.50 bits per heavy atom. The maximum atomic E-state index is 13.4. The summed E-state index contributed by atoms with van der Waals surface area (Å²) >= 11 is 0. The Balaban J connectivity index is 1.90. The van der Waals surface area contributed by atoms with Crippen molar-refractivity contribution in [2.45, 2.75) is 0 Å². The lowest BCUT2D eigenvalue weighted by molar-refractivity contribution is -0.384. The molecule has 1 aromatic heterocycles. The van der Waals surface area contributed by atoms with Gasteiger partial charge in [0.05, 0.1) is 10.5 Å². The van der Waals surface area contributed by atoms with E-state index in [0.29, 0.717) is 11.1 Å². The van der Waals surface area contributed by atoms with Crippen molar-refractivity contribution in [2.24, 2.45) is 0 Å². The molecular formula is C22H14N2O6. The number of benzene rings is 3. The Kier molecular flexibility index (Phi) is 4.73. The number of ketones is 1. The van der Waals surface area contributed by atoms with Gasteiger partial charge in [0.2, 0.25) is 0 Å². The van der Waals surface area contributed by atoms with Crippen LogP contribution in [0.5, 0.6) is 11.5 Å². The normalized spacial score (nSPS) is 10.7. The molecule has 0 spiro atoms. The maximum absolute atomic E-state index is 13.4. The maximum Gasteiger partial charge on any atom is 0.270 e. The van der Waals surface area contributed by atoms with Crippen LogP contribution in [-0.2, 0) is 0 Å². The van der Waals surface area contributed by atoms with Gasteiger partial charge in [0.15, 0.2) is 11.5 Å². The fraction of sp³-hybridized carbons (Fsp3) is 0. The van der Waals surface area contributed by atoms with Gasteiger partial charge in [-0.1, -0.05) is 17.3 Å². The smallest absolute Gasteiger partial charge is 0.270 e. The Morgan fingerprint density at radius 1 is 0.900 bits per heavy atom. The molecule has 0 aliphatic carbocycles. The van der Waals surface area contributed by atoms with Crippen LogP contribution in [0.2, 0.25) is 0 Å². The van der Waals surface area contributed by atoms with E-state index in [0.717, 1.165) is 0 Å². The number of rotatable bonds is 5. The molecule has 3 aromatic carbocycles. The van der Waals surface area contributed by atoms with E-state index in [4.69, 9.17) is 4.52 Å². The van der Waals surface area contributed by atoms with Gasteiger partial charge in [-0.25, -0.2) is 0 Å². The molecule has 0 bridgehead atoms. The average molecular weight is 402 g/mol. The van der Waals surface area contributed by atoms with Gasteiger partial charge < -0.3 is 14.7 Å². The Hall–Kier alpha value is -4.46. The lowest BCUT2D eigenvalue weighted by atomic mass is 9.95. The lowest BCUT2D eigenvalue weighted by Gasteiger charge is -2.05. The minimum absolute atomic E-state index is 0.0450. The number of carbonyl (C=O) groups is 1. The number of nitrogens with zero attached hydrogens (tertiary/aromatic N) is 2.